The van der Waals surface area contributed by atoms with Crippen LogP contribution in [-0.2, 0) is 11.3 Å². The number of nitrogens with one attached hydrogen (secondary N) is 3. The summed E-state index contributed by atoms with van der Waals surface area (Å²) >= 11 is 0. The Morgan fingerprint density at radius 2 is 1.88 bits per heavy atom. The van der Waals surface area contributed by atoms with E-state index in [1.165, 1.54) is 32.1 Å². The zero-order valence-electron chi connectivity index (χ0n) is 15.4. The third-order valence-corrected chi connectivity index (χ3v) is 7.00. The smallest absolute Gasteiger partial charge is 0.224 e. The Morgan fingerprint density at radius 1 is 1.15 bits per heavy atom. The summed E-state index contributed by atoms with van der Waals surface area (Å²) < 4.78 is 0. The maximum Gasteiger partial charge on any atom is 0.224 e. The summed E-state index contributed by atoms with van der Waals surface area (Å²) in [6, 6.07) is 5.93. The van der Waals surface area contributed by atoms with Crippen molar-refractivity contribution in [3.05, 3.63) is 24.0 Å². The van der Waals surface area contributed by atoms with Crippen LogP contribution in [0.3, 0.4) is 0 Å². The first-order valence-corrected chi connectivity index (χ1v) is 10.1. The topological polar surface area (TPSA) is 69.8 Å². The predicted octanol–water partition coefficient (Wildman–Crippen LogP) is 3.68. The van der Waals surface area contributed by atoms with Gasteiger partial charge in [0.15, 0.2) is 0 Å². The monoisotopic (exact) mass is 352 g/mol. The molecule has 4 saturated carbocycles. The summed E-state index contributed by atoms with van der Waals surface area (Å²) in [6.45, 7) is 0.711. The van der Waals surface area contributed by atoms with Crippen LogP contribution in [0.25, 0.3) is 11.0 Å². The Balaban J connectivity index is 1.26. The van der Waals surface area contributed by atoms with Gasteiger partial charge in [-0.25, -0.2) is 4.98 Å². The second-order valence-electron chi connectivity index (χ2n) is 8.79. The highest BCUT2D eigenvalue weighted by atomic mass is 16.1. The molecule has 4 aliphatic rings. The maximum atomic E-state index is 12.7. The number of aromatic amines is 1. The van der Waals surface area contributed by atoms with Crippen LogP contribution in [0.2, 0.25) is 0 Å². The van der Waals surface area contributed by atoms with Gasteiger partial charge in [-0.1, -0.05) is 0 Å². The van der Waals surface area contributed by atoms with E-state index in [-0.39, 0.29) is 5.91 Å². The molecule has 1 heterocycles. The number of imidazole rings is 1. The van der Waals surface area contributed by atoms with Crippen LogP contribution in [-0.4, -0.2) is 22.9 Å². The van der Waals surface area contributed by atoms with Crippen molar-refractivity contribution in [2.75, 3.05) is 12.4 Å². The average Bonchev–Trinajstić information content (AvgIpc) is 2.99. The highest BCUT2D eigenvalue weighted by Gasteiger charge is 2.48. The van der Waals surface area contributed by atoms with Gasteiger partial charge in [-0.15, -0.1) is 0 Å². The van der Waals surface area contributed by atoms with Gasteiger partial charge in [0.2, 0.25) is 5.91 Å². The number of nitrogens with zero attached hydrogens (tertiary/aromatic N) is 1. The van der Waals surface area contributed by atoms with Crippen LogP contribution in [0.15, 0.2) is 18.2 Å². The summed E-state index contributed by atoms with van der Waals surface area (Å²) in [5.41, 5.74) is 2.78. The molecule has 0 aliphatic heterocycles. The van der Waals surface area contributed by atoms with Gasteiger partial charge in [0, 0.05) is 12.1 Å². The molecule has 3 N–H and O–H groups in total. The molecule has 4 aliphatic carbocycles. The lowest BCUT2D eigenvalue weighted by Crippen LogP contribution is -2.46. The van der Waals surface area contributed by atoms with Crippen molar-refractivity contribution in [1.29, 1.82) is 0 Å². The van der Waals surface area contributed by atoms with Gasteiger partial charge in [0.1, 0.15) is 5.82 Å². The van der Waals surface area contributed by atoms with Crippen LogP contribution in [0.1, 0.15) is 44.3 Å². The van der Waals surface area contributed by atoms with E-state index < -0.39 is 0 Å². The van der Waals surface area contributed by atoms with Crippen LogP contribution in [0.5, 0.6) is 0 Å². The van der Waals surface area contributed by atoms with E-state index in [0.29, 0.717) is 18.9 Å². The Morgan fingerprint density at radius 3 is 2.58 bits per heavy atom. The number of carbonyl (C=O) groups is 1. The van der Waals surface area contributed by atoms with Crippen LogP contribution < -0.4 is 10.6 Å². The van der Waals surface area contributed by atoms with E-state index in [4.69, 9.17) is 0 Å². The fourth-order valence-corrected chi connectivity index (χ4v) is 6.19. The lowest BCUT2D eigenvalue weighted by molar-refractivity contribution is -0.121. The second kappa shape index (κ2) is 6.38. The second-order valence-corrected chi connectivity index (χ2v) is 8.79. The summed E-state index contributed by atoms with van der Waals surface area (Å²) in [5, 5.41) is 6.23. The molecule has 5 heteroatoms. The van der Waals surface area contributed by atoms with Crippen molar-refractivity contribution in [3.8, 4) is 0 Å². The van der Waals surface area contributed by atoms with Crippen molar-refractivity contribution in [1.82, 2.24) is 15.3 Å². The van der Waals surface area contributed by atoms with E-state index in [1.54, 1.807) is 0 Å². The number of aromatic nitrogens is 2. The molecule has 0 radical (unpaired) electrons. The number of amides is 1. The van der Waals surface area contributed by atoms with Gasteiger partial charge >= 0.3 is 0 Å². The summed E-state index contributed by atoms with van der Waals surface area (Å²) in [7, 11) is 1.91. The molecule has 138 valence electrons. The zero-order chi connectivity index (χ0) is 17.7. The maximum absolute atomic E-state index is 12.7. The minimum absolute atomic E-state index is 0.178. The number of hydrogen-bond donors (Lipinski definition) is 3. The summed E-state index contributed by atoms with van der Waals surface area (Å²) in [5.74, 6) is 5.24. The number of anilines is 1. The molecule has 1 aromatic carbocycles. The first-order valence-electron chi connectivity index (χ1n) is 10.1. The fraction of sp³-hybridized carbons (Fsp3) is 0.619. The quantitative estimate of drug-likeness (QED) is 0.769. The lowest BCUT2D eigenvalue weighted by Gasteiger charge is -2.54. The number of carbonyl (C=O) groups excluding carboxylic acids is 1. The summed E-state index contributed by atoms with van der Waals surface area (Å²) in [4.78, 5) is 20.5. The third-order valence-electron chi connectivity index (χ3n) is 7.00. The van der Waals surface area contributed by atoms with Crippen LogP contribution in [0, 0.1) is 29.6 Å². The van der Waals surface area contributed by atoms with Gasteiger partial charge < -0.3 is 15.6 Å². The number of H-pyrrole nitrogens is 1. The number of fused-ring (bicyclic) bond motifs is 1. The highest BCUT2D eigenvalue weighted by molar-refractivity contribution is 5.93. The summed E-state index contributed by atoms with van der Waals surface area (Å²) in [6.07, 6.45) is 7.66. The molecular formula is C21H28N4O. The van der Waals surface area contributed by atoms with Crippen molar-refractivity contribution < 1.29 is 4.79 Å². The Labute approximate surface area is 154 Å². The normalized spacial score (nSPS) is 32.3. The van der Waals surface area contributed by atoms with Crippen molar-refractivity contribution >= 4 is 22.6 Å². The fourth-order valence-electron chi connectivity index (χ4n) is 6.19. The highest BCUT2D eigenvalue weighted by Crippen LogP contribution is 2.57. The van der Waals surface area contributed by atoms with Crippen LogP contribution in [0.4, 0.5) is 5.69 Å². The minimum Gasteiger partial charge on any atom is -0.341 e. The molecule has 6 rings (SSSR count). The van der Waals surface area contributed by atoms with Crippen LogP contribution >= 0.6 is 0 Å². The number of benzene rings is 1. The van der Waals surface area contributed by atoms with Gasteiger partial charge in [-0.3, -0.25) is 4.79 Å². The molecule has 5 nitrogen and oxygen atoms in total. The number of rotatable bonds is 5. The Bertz CT molecular complexity index is 799. The van der Waals surface area contributed by atoms with Gasteiger partial charge in [0.25, 0.3) is 0 Å². The standard InChI is InChI=1S/C21H28N4O/c1-22-11-20-24-18-3-2-16(9-19(18)25-20)23-21(26)10-17-14-5-12-4-13(7-14)8-15(17)6-12/h2-3,9,12-15,17,22H,4-8,10-11H2,1H3,(H,23,26)(H,24,25). The molecule has 4 fully saturated rings. The SMILES string of the molecule is CNCc1nc2ccc(NC(=O)CC3C4CC5CC(C4)CC3C5)cc2[nH]1. The zero-order valence-corrected chi connectivity index (χ0v) is 15.4. The molecule has 0 spiro atoms. The first-order chi connectivity index (χ1) is 12.7. The third kappa shape index (κ3) is 2.92. The molecule has 4 bridgehead atoms. The molecule has 1 amide bonds. The van der Waals surface area contributed by atoms with E-state index in [9.17, 15) is 4.79 Å². The molecular weight excluding hydrogens is 324 g/mol. The molecule has 1 aromatic heterocycles. The first kappa shape index (κ1) is 16.3. The Hall–Kier alpha value is -1.88. The molecule has 2 aromatic rings. The van der Waals surface area contributed by atoms with Crippen molar-refractivity contribution in [2.45, 2.75) is 45.1 Å². The molecule has 0 atom stereocenters. The Kier molecular flexibility index (Phi) is 4.00. The largest absolute Gasteiger partial charge is 0.341 e. The average molecular weight is 352 g/mol. The lowest BCUT2D eigenvalue weighted by atomic mass is 9.51. The molecule has 26 heavy (non-hydrogen) atoms. The van der Waals surface area contributed by atoms with E-state index in [0.717, 1.165) is 46.2 Å². The van der Waals surface area contributed by atoms with E-state index >= 15 is 0 Å². The molecule has 0 unspecified atom stereocenters. The number of hydrogen-bond acceptors (Lipinski definition) is 3. The van der Waals surface area contributed by atoms with Gasteiger partial charge in [-0.2, -0.15) is 0 Å². The van der Waals surface area contributed by atoms with Crippen molar-refractivity contribution in [3.63, 3.8) is 0 Å². The minimum atomic E-state index is 0.178. The van der Waals surface area contributed by atoms with Gasteiger partial charge in [-0.05, 0) is 86.9 Å². The predicted molar refractivity (Wildman–Crippen MR) is 103 cm³/mol. The van der Waals surface area contributed by atoms with Gasteiger partial charge in [0.05, 0.1) is 17.6 Å². The van der Waals surface area contributed by atoms with E-state index in [1.807, 2.05) is 25.2 Å². The molecule has 0 saturated heterocycles. The van der Waals surface area contributed by atoms with E-state index in [2.05, 4.69) is 20.6 Å². The van der Waals surface area contributed by atoms with Crippen molar-refractivity contribution in [2.24, 2.45) is 29.6 Å².